The molecule has 0 N–H and O–H groups in total. The molecule has 104 valence electrons. The molecular weight excluding hydrogens is 276 g/mol. The van der Waals surface area contributed by atoms with Crippen LogP contribution in [0.25, 0.3) is 0 Å². The van der Waals surface area contributed by atoms with Crippen LogP contribution >= 0.6 is 11.8 Å². The summed E-state index contributed by atoms with van der Waals surface area (Å²) in [6.07, 6.45) is 4.34. The second-order valence-corrected chi connectivity index (χ2v) is 6.09. The molecule has 4 heterocycles. The molecule has 6 nitrogen and oxygen atoms in total. The number of amides is 1. The minimum absolute atomic E-state index is 0.111. The maximum atomic E-state index is 12.4. The van der Waals surface area contributed by atoms with E-state index in [2.05, 4.69) is 10.3 Å². The Morgan fingerprint density at radius 2 is 2.30 bits per heavy atom. The number of nitrogens with zero attached hydrogens (tertiary/aromatic N) is 4. The Labute approximate surface area is 120 Å². The maximum absolute atomic E-state index is 12.4. The third-order valence-electron chi connectivity index (χ3n) is 3.87. The first-order valence-corrected chi connectivity index (χ1v) is 7.78. The summed E-state index contributed by atoms with van der Waals surface area (Å²) in [6.45, 7) is 1.62. The van der Waals surface area contributed by atoms with Crippen LogP contribution in [0.15, 0.2) is 16.9 Å². The molecule has 20 heavy (non-hydrogen) atoms. The largest absolute Gasteiger partial charge is 0.361 e. The number of aromatic nitrogens is 3. The van der Waals surface area contributed by atoms with Crippen LogP contribution in [0.4, 0.5) is 0 Å². The summed E-state index contributed by atoms with van der Waals surface area (Å²) in [5, 5.41) is 8.12. The Bertz CT molecular complexity index is 663. The molecule has 1 amide bonds. The van der Waals surface area contributed by atoms with Gasteiger partial charge in [0.15, 0.2) is 0 Å². The van der Waals surface area contributed by atoms with Gasteiger partial charge in [-0.1, -0.05) is 5.16 Å². The van der Waals surface area contributed by atoms with Crippen molar-refractivity contribution in [1.82, 2.24) is 19.8 Å². The molecule has 0 atom stereocenters. The number of rotatable bonds is 2. The van der Waals surface area contributed by atoms with Crippen molar-refractivity contribution >= 4 is 17.7 Å². The van der Waals surface area contributed by atoms with E-state index in [4.69, 9.17) is 4.52 Å². The van der Waals surface area contributed by atoms with Gasteiger partial charge in [0, 0.05) is 35.6 Å². The van der Waals surface area contributed by atoms with Gasteiger partial charge in [-0.25, -0.2) is 0 Å². The zero-order chi connectivity index (χ0) is 13.5. The molecule has 0 spiro atoms. The fraction of sp³-hybridized carbons (Fsp3) is 0.462. The van der Waals surface area contributed by atoms with Crippen LogP contribution in [0.5, 0.6) is 0 Å². The number of fused-ring (bicyclic) bond motifs is 2. The number of carbonyl (C=O) groups excluding carboxylic acids is 1. The summed E-state index contributed by atoms with van der Waals surface area (Å²) in [5.41, 5.74) is 3.49. The van der Waals surface area contributed by atoms with E-state index >= 15 is 0 Å². The molecule has 0 unspecified atom stereocenters. The summed E-state index contributed by atoms with van der Waals surface area (Å²) < 4.78 is 6.99. The molecule has 0 bridgehead atoms. The highest BCUT2D eigenvalue weighted by Crippen LogP contribution is 2.29. The van der Waals surface area contributed by atoms with Crippen LogP contribution in [0.1, 0.15) is 22.6 Å². The molecule has 0 radical (unpaired) electrons. The predicted molar refractivity (Wildman–Crippen MR) is 72.9 cm³/mol. The molecule has 7 heteroatoms. The monoisotopic (exact) mass is 290 g/mol. The van der Waals surface area contributed by atoms with Gasteiger partial charge in [0.25, 0.3) is 0 Å². The number of carbonyl (C=O) groups is 1. The Balaban J connectivity index is 1.48. The average Bonchev–Trinajstić information content (AvgIpc) is 3.14. The number of hydrogen-bond donors (Lipinski definition) is 0. The van der Waals surface area contributed by atoms with Crippen LogP contribution in [0, 0.1) is 0 Å². The maximum Gasteiger partial charge on any atom is 0.244 e. The fourth-order valence-corrected chi connectivity index (χ4v) is 3.80. The lowest BCUT2D eigenvalue weighted by molar-refractivity contribution is -0.133. The molecule has 0 saturated heterocycles. The molecule has 0 fully saturated rings. The number of hydrogen-bond acceptors (Lipinski definition) is 5. The van der Waals surface area contributed by atoms with Crippen molar-refractivity contribution in [2.24, 2.45) is 0 Å². The molecule has 0 aromatic carbocycles. The normalized spacial score (nSPS) is 17.1. The molecule has 2 aromatic heterocycles. The van der Waals surface area contributed by atoms with Gasteiger partial charge in [0.05, 0.1) is 24.6 Å². The Hall–Kier alpha value is -1.76. The van der Waals surface area contributed by atoms with Crippen LogP contribution in [0.3, 0.4) is 0 Å². The summed E-state index contributed by atoms with van der Waals surface area (Å²) in [6, 6.07) is 0. The van der Waals surface area contributed by atoms with Crippen molar-refractivity contribution in [2.75, 3.05) is 6.54 Å². The van der Waals surface area contributed by atoms with Crippen molar-refractivity contribution in [3.8, 4) is 0 Å². The first-order valence-electron chi connectivity index (χ1n) is 6.63. The van der Waals surface area contributed by atoms with E-state index in [0.717, 1.165) is 29.3 Å². The number of thioether (sulfide) groups is 1. The standard InChI is InChI=1S/C13H14N4O2S/c18-13(6-17-11-8-20-7-10(11)3-14-17)16-2-1-12-9(5-16)4-15-19-12/h3-4H,1-2,5-8H2. The highest BCUT2D eigenvalue weighted by Gasteiger charge is 2.25. The lowest BCUT2D eigenvalue weighted by atomic mass is 10.1. The minimum Gasteiger partial charge on any atom is -0.361 e. The average molecular weight is 290 g/mol. The van der Waals surface area contributed by atoms with E-state index in [1.54, 1.807) is 6.20 Å². The third kappa shape index (κ3) is 1.93. The first-order chi connectivity index (χ1) is 9.81. The molecule has 2 aromatic rings. The van der Waals surface area contributed by atoms with Gasteiger partial charge in [0.2, 0.25) is 5.91 Å². The van der Waals surface area contributed by atoms with E-state index in [1.165, 1.54) is 11.3 Å². The molecule has 4 rings (SSSR count). The second kappa shape index (κ2) is 4.66. The van der Waals surface area contributed by atoms with Crippen molar-refractivity contribution in [3.05, 3.63) is 35.0 Å². The van der Waals surface area contributed by atoms with E-state index in [1.807, 2.05) is 27.5 Å². The van der Waals surface area contributed by atoms with Crippen molar-refractivity contribution in [1.29, 1.82) is 0 Å². The lowest BCUT2D eigenvalue weighted by Gasteiger charge is -2.25. The van der Waals surface area contributed by atoms with Gasteiger partial charge in [0.1, 0.15) is 12.3 Å². The van der Waals surface area contributed by atoms with Gasteiger partial charge in [-0.2, -0.15) is 16.9 Å². The Morgan fingerprint density at radius 1 is 1.35 bits per heavy atom. The van der Waals surface area contributed by atoms with E-state index in [-0.39, 0.29) is 5.91 Å². The Kier molecular flexibility index (Phi) is 2.80. The van der Waals surface area contributed by atoms with Crippen molar-refractivity contribution in [2.45, 2.75) is 31.0 Å². The predicted octanol–water partition coefficient (Wildman–Crippen LogP) is 1.20. The van der Waals surface area contributed by atoms with Gasteiger partial charge in [-0.05, 0) is 0 Å². The molecule has 2 aliphatic heterocycles. The molecule has 2 aliphatic rings. The van der Waals surface area contributed by atoms with Crippen LogP contribution in [-0.2, 0) is 35.8 Å². The van der Waals surface area contributed by atoms with Crippen molar-refractivity contribution in [3.63, 3.8) is 0 Å². The fourth-order valence-electron chi connectivity index (χ4n) is 2.71. The van der Waals surface area contributed by atoms with Gasteiger partial charge in [-0.15, -0.1) is 0 Å². The van der Waals surface area contributed by atoms with Crippen molar-refractivity contribution < 1.29 is 9.32 Å². The van der Waals surface area contributed by atoms with Gasteiger partial charge < -0.3 is 9.42 Å². The second-order valence-electron chi connectivity index (χ2n) is 5.11. The summed E-state index contributed by atoms with van der Waals surface area (Å²) in [7, 11) is 0. The van der Waals surface area contributed by atoms with Gasteiger partial charge >= 0.3 is 0 Å². The molecule has 0 aliphatic carbocycles. The third-order valence-corrected chi connectivity index (χ3v) is 4.86. The van der Waals surface area contributed by atoms with Crippen LogP contribution < -0.4 is 0 Å². The highest BCUT2D eigenvalue weighted by molar-refractivity contribution is 7.98. The summed E-state index contributed by atoms with van der Waals surface area (Å²) in [4.78, 5) is 14.3. The Morgan fingerprint density at radius 3 is 3.25 bits per heavy atom. The minimum atomic E-state index is 0.111. The molecule has 0 saturated carbocycles. The van der Waals surface area contributed by atoms with Gasteiger partial charge in [-0.3, -0.25) is 9.48 Å². The zero-order valence-corrected chi connectivity index (χ0v) is 11.7. The lowest BCUT2D eigenvalue weighted by Crippen LogP contribution is -2.38. The quantitative estimate of drug-likeness (QED) is 0.831. The first kappa shape index (κ1) is 12.0. The topological polar surface area (TPSA) is 64.2 Å². The zero-order valence-electron chi connectivity index (χ0n) is 10.9. The molecular formula is C13H14N4O2S. The van der Waals surface area contributed by atoms with E-state index in [0.29, 0.717) is 19.6 Å². The van der Waals surface area contributed by atoms with E-state index < -0.39 is 0 Å². The van der Waals surface area contributed by atoms with Crippen LogP contribution in [-0.4, -0.2) is 32.3 Å². The summed E-state index contributed by atoms with van der Waals surface area (Å²) in [5.74, 6) is 2.99. The van der Waals surface area contributed by atoms with E-state index in [9.17, 15) is 4.79 Å². The summed E-state index contributed by atoms with van der Waals surface area (Å²) >= 11 is 1.87. The smallest absolute Gasteiger partial charge is 0.244 e. The van der Waals surface area contributed by atoms with Crippen LogP contribution in [0.2, 0.25) is 0 Å². The SMILES string of the molecule is O=C(Cn1ncc2c1CSC2)N1CCc2oncc2C1. The highest BCUT2D eigenvalue weighted by atomic mass is 32.2.